The van der Waals surface area contributed by atoms with Crippen LogP contribution in [0, 0.1) is 13.8 Å². The number of fused-ring (bicyclic) bond motifs is 1. The van der Waals surface area contributed by atoms with E-state index in [1.807, 2.05) is 37.3 Å². The molecule has 0 aliphatic carbocycles. The number of ether oxygens (including phenoxy) is 1. The Hall–Kier alpha value is -3.86. The molecule has 1 atom stereocenters. The molecule has 4 rings (SSSR count). The van der Waals surface area contributed by atoms with E-state index in [0.29, 0.717) is 22.5 Å². The second-order valence-electron chi connectivity index (χ2n) is 7.16. The smallest absolute Gasteiger partial charge is 0.349 e. The quantitative estimate of drug-likeness (QED) is 0.461. The minimum atomic E-state index is -1.17. The first-order valence-corrected chi connectivity index (χ1v) is 9.53. The van der Waals surface area contributed by atoms with Crippen LogP contribution >= 0.6 is 0 Å². The summed E-state index contributed by atoms with van der Waals surface area (Å²) < 4.78 is 11.3. The molecule has 1 heterocycles. The summed E-state index contributed by atoms with van der Waals surface area (Å²) in [5.41, 5.74) is 3.79. The summed E-state index contributed by atoms with van der Waals surface area (Å²) in [4.78, 5) is 24.1. The van der Waals surface area contributed by atoms with Crippen LogP contribution < -0.4 is 10.4 Å². The van der Waals surface area contributed by atoms with Crippen LogP contribution in [0.25, 0.3) is 22.1 Å². The van der Waals surface area contributed by atoms with Crippen LogP contribution in [-0.4, -0.2) is 11.1 Å². The molecule has 0 bridgehead atoms. The number of hydrogen-bond donors (Lipinski definition) is 1. The van der Waals surface area contributed by atoms with Crippen molar-refractivity contribution in [2.45, 2.75) is 20.0 Å². The van der Waals surface area contributed by atoms with Gasteiger partial charge >= 0.3 is 11.6 Å². The van der Waals surface area contributed by atoms with Crippen LogP contribution in [0.3, 0.4) is 0 Å². The Morgan fingerprint density at radius 3 is 2.33 bits per heavy atom. The molecular formula is C25H20O5. The van der Waals surface area contributed by atoms with Crippen molar-refractivity contribution in [2.75, 3.05) is 0 Å². The minimum Gasteiger partial charge on any atom is -0.478 e. The van der Waals surface area contributed by atoms with Crippen LogP contribution in [0.1, 0.15) is 22.8 Å². The molecular weight excluding hydrogens is 380 g/mol. The number of carbonyl (C=O) groups is 1. The van der Waals surface area contributed by atoms with Gasteiger partial charge in [-0.25, -0.2) is 9.59 Å². The van der Waals surface area contributed by atoms with Crippen molar-refractivity contribution < 1.29 is 19.1 Å². The van der Waals surface area contributed by atoms with Crippen molar-refractivity contribution >= 4 is 16.9 Å². The van der Waals surface area contributed by atoms with E-state index in [4.69, 9.17) is 9.15 Å². The molecule has 5 heteroatoms. The molecule has 1 N–H and O–H groups in total. The third-order valence-electron chi connectivity index (χ3n) is 5.05. The Bertz CT molecular complexity index is 1270. The summed E-state index contributed by atoms with van der Waals surface area (Å²) in [5, 5.41) is 10.4. The zero-order valence-electron chi connectivity index (χ0n) is 16.6. The van der Waals surface area contributed by atoms with Gasteiger partial charge in [-0.3, -0.25) is 0 Å². The van der Waals surface area contributed by atoms with Crippen LogP contribution in [0.15, 0.2) is 82.0 Å². The van der Waals surface area contributed by atoms with Crippen molar-refractivity contribution in [1.29, 1.82) is 0 Å². The Kier molecular flexibility index (Phi) is 5.11. The maximum atomic E-state index is 12.3. The predicted molar refractivity (Wildman–Crippen MR) is 115 cm³/mol. The fraction of sp³-hybridized carbons (Fsp3) is 0.120. The molecule has 1 unspecified atom stereocenters. The van der Waals surface area contributed by atoms with Crippen molar-refractivity contribution in [2.24, 2.45) is 0 Å². The standard InChI is InChI=1S/C25H20O5/c1-15-8-10-17(11-9-15)20-14-22(26)30-23-16(2)21(13-12-19(20)23)29-24(25(27)28)18-6-4-3-5-7-18/h3-14,24H,1-2H3,(H,27,28). The lowest BCUT2D eigenvalue weighted by molar-refractivity contribution is -0.145. The topological polar surface area (TPSA) is 76.7 Å². The molecule has 1 aromatic heterocycles. The van der Waals surface area contributed by atoms with Crippen molar-refractivity contribution in [3.8, 4) is 16.9 Å². The first-order chi connectivity index (χ1) is 14.4. The zero-order chi connectivity index (χ0) is 21.3. The lowest BCUT2D eigenvalue weighted by atomic mass is 9.99. The summed E-state index contributed by atoms with van der Waals surface area (Å²) >= 11 is 0. The molecule has 0 saturated heterocycles. The Balaban J connectivity index is 1.82. The van der Waals surface area contributed by atoms with Gasteiger partial charge in [0.15, 0.2) is 0 Å². The van der Waals surface area contributed by atoms with Crippen LogP contribution in [0.2, 0.25) is 0 Å². The van der Waals surface area contributed by atoms with E-state index in [1.165, 1.54) is 6.07 Å². The van der Waals surface area contributed by atoms with Gasteiger partial charge in [-0.15, -0.1) is 0 Å². The third-order valence-corrected chi connectivity index (χ3v) is 5.05. The molecule has 150 valence electrons. The molecule has 0 fully saturated rings. The molecule has 5 nitrogen and oxygen atoms in total. The second-order valence-corrected chi connectivity index (χ2v) is 7.16. The molecule has 0 amide bonds. The number of aryl methyl sites for hydroxylation is 2. The van der Waals surface area contributed by atoms with Gasteiger partial charge < -0.3 is 14.3 Å². The average molecular weight is 400 g/mol. The fourth-order valence-electron chi connectivity index (χ4n) is 3.46. The number of aliphatic carboxylic acids is 1. The Morgan fingerprint density at radius 1 is 0.967 bits per heavy atom. The Morgan fingerprint density at radius 2 is 1.67 bits per heavy atom. The van der Waals surface area contributed by atoms with E-state index in [1.54, 1.807) is 43.3 Å². The van der Waals surface area contributed by atoms with Gasteiger partial charge in [-0.1, -0.05) is 60.2 Å². The average Bonchev–Trinajstić information content (AvgIpc) is 2.74. The molecule has 0 spiro atoms. The molecule has 0 radical (unpaired) electrons. The van der Waals surface area contributed by atoms with Gasteiger partial charge in [-0.2, -0.15) is 0 Å². The molecule has 4 aromatic rings. The summed E-state index contributed by atoms with van der Waals surface area (Å²) in [5.74, 6) is -0.751. The number of carboxylic acids is 1. The number of benzene rings is 3. The van der Waals surface area contributed by atoms with Crippen LogP contribution in [-0.2, 0) is 4.79 Å². The van der Waals surface area contributed by atoms with E-state index in [2.05, 4.69) is 0 Å². The van der Waals surface area contributed by atoms with Crippen molar-refractivity contribution in [3.05, 3.63) is 99.9 Å². The SMILES string of the molecule is Cc1ccc(-c2cc(=O)oc3c(C)c(OC(C(=O)O)c4ccccc4)ccc23)cc1. The fourth-order valence-corrected chi connectivity index (χ4v) is 3.46. The van der Waals surface area contributed by atoms with Gasteiger partial charge in [0.2, 0.25) is 6.10 Å². The largest absolute Gasteiger partial charge is 0.478 e. The predicted octanol–water partition coefficient (Wildman–Crippen LogP) is 5.28. The monoisotopic (exact) mass is 400 g/mol. The first kappa shape index (κ1) is 19.5. The van der Waals surface area contributed by atoms with Crippen LogP contribution in [0.5, 0.6) is 5.75 Å². The van der Waals surface area contributed by atoms with Gasteiger partial charge in [-0.05, 0) is 37.1 Å². The molecule has 0 saturated carbocycles. The van der Waals surface area contributed by atoms with Gasteiger partial charge in [0.1, 0.15) is 11.3 Å². The number of carboxylic acid groups (broad SMARTS) is 1. The van der Waals surface area contributed by atoms with E-state index >= 15 is 0 Å². The number of rotatable bonds is 5. The number of hydrogen-bond acceptors (Lipinski definition) is 4. The van der Waals surface area contributed by atoms with E-state index in [9.17, 15) is 14.7 Å². The van der Waals surface area contributed by atoms with Gasteiger partial charge in [0.05, 0.1) is 0 Å². The summed E-state index contributed by atoms with van der Waals surface area (Å²) in [6.45, 7) is 3.75. The molecule has 30 heavy (non-hydrogen) atoms. The van der Waals surface area contributed by atoms with E-state index in [0.717, 1.165) is 22.1 Å². The lowest BCUT2D eigenvalue weighted by Crippen LogP contribution is -2.18. The highest BCUT2D eigenvalue weighted by atomic mass is 16.5. The summed E-state index contributed by atoms with van der Waals surface area (Å²) in [7, 11) is 0. The molecule has 3 aromatic carbocycles. The zero-order valence-corrected chi connectivity index (χ0v) is 16.6. The minimum absolute atomic E-state index is 0.350. The summed E-state index contributed by atoms with van der Waals surface area (Å²) in [6.07, 6.45) is -1.17. The van der Waals surface area contributed by atoms with E-state index in [-0.39, 0.29) is 0 Å². The highest BCUT2D eigenvalue weighted by Gasteiger charge is 2.23. The van der Waals surface area contributed by atoms with Gasteiger partial charge in [0, 0.05) is 22.6 Å². The normalized spacial score (nSPS) is 11.9. The lowest BCUT2D eigenvalue weighted by Gasteiger charge is -2.18. The Labute approximate surface area is 173 Å². The van der Waals surface area contributed by atoms with Gasteiger partial charge in [0.25, 0.3) is 0 Å². The van der Waals surface area contributed by atoms with E-state index < -0.39 is 17.7 Å². The maximum absolute atomic E-state index is 12.3. The van der Waals surface area contributed by atoms with Crippen LogP contribution in [0.4, 0.5) is 0 Å². The molecule has 0 aliphatic heterocycles. The highest BCUT2D eigenvalue weighted by Crippen LogP contribution is 2.35. The van der Waals surface area contributed by atoms with Crippen molar-refractivity contribution in [1.82, 2.24) is 0 Å². The third kappa shape index (κ3) is 3.70. The first-order valence-electron chi connectivity index (χ1n) is 9.53. The summed E-state index contributed by atoms with van der Waals surface area (Å²) in [6, 6.07) is 21.6. The molecule has 0 aliphatic rings. The second kappa shape index (κ2) is 7.87. The highest BCUT2D eigenvalue weighted by molar-refractivity contribution is 5.95. The van der Waals surface area contributed by atoms with Crippen molar-refractivity contribution in [3.63, 3.8) is 0 Å². The maximum Gasteiger partial charge on any atom is 0.349 e.